The summed E-state index contributed by atoms with van der Waals surface area (Å²) < 4.78 is 52.6. The van der Waals surface area contributed by atoms with E-state index < -0.39 is 122 Å². The highest BCUT2D eigenvalue weighted by Crippen LogP contribution is 2.52. The summed E-state index contributed by atoms with van der Waals surface area (Å²) >= 11 is 0. The molecule has 0 radical (unpaired) electrons. The van der Waals surface area contributed by atoms with Crippen molar-refractivity contribution in [2.75, 3.05) is 13.2 Å². The second kappa shape index (κ2) is 18.5. The fourth-order valence-electron chi connectivity index (χ4n) is 8.86. The van der Waals surface area contributed by atoms with E-state index >= 15 is 0 Å². The topological polar surface area (TPSA) is 297 Å². The van der Waals surface area contributed by atoms with Gasteiger partial charge in [-0.3, -0.25) is 28.8 Å². The lowest BCUT2D eigenvalue weighted by Crippen LogP contribution is -2.60. The summed E-state index contributed by atoms with van der Waals surface area (Å²) in [5.74, 6) is -5.82. The molecule has 11 atom stereocenters. The molecule has 8 rings (SSSR count). The van der Waals surface area contributed by atoms with Crippen LogP contribution in [0.15, 0.2) is 42.2 Å². The number of hydrogen-bond donors (Lipinski definition) is 3. The molecule has 2 aromatic carbocycles. The maximum atomic E-state index is 14.9. The number of nitrogens with zero attached hydrogens (tertiary/aromatic N) is 4. The average Bonchev–Trinajstić information content (AvgIpc) is 3.85. The van der Waals surface area contributed by atoms with Crippen LogP contribution in [-0.2, 0) is 68.5 Å². The third kappa shape index (κ3) is 8.94. The summed E-state index contributed by atoms with van der Waals surface area (Å²) in [7, 11) is 0. The highest BCUT2D eigenvalue weighted by molar-refractivity contribution is 6.41. The number of aryl methyl sites for hydroxylation is 1. The number of aromatic hydroxyl groups is 1. The number of carbonyl (C=O) groups is 7. The highest BCUT2D eigenvalue weighted by atomic mass is 16.7. The van der Waals surface area contributed by atoms with Gasteiger partial charge in [0.1, 0.15) is 41.7 Å². The number of benzene rings is 2. The second-order valence-corrected chi connectivity index (χ2v) is 16.5. The molecule has 67 heavy (non-hydrogen) atoms. The zero-order valence-electron chi connectivity index (χ0n) is 36.8. The van der Waals surface area contributed by atoms with Crippen LogP contribution in [0.25, 0.3) is 5.57 Å². The Morgan fingerprint density at radius 1 is 0.866 bits per heavy atom. The molecule has 3 fully saturated rings. The molecular formula is C44H46N4O19. The summed E-state index contributed by atoms with van der Waals surface area (Å²) in [6.45, 7) is 6.36. The Hall–Kier alpha value is -6.79. The van der Waals surface area contributed by atoms with E-state index in [9.17, 15) is 48.9 Å². The van der Waals surface area contributed by atoms with E-state index in [4.69, 9.17) is 42.6 Å². The number of phenolic OH excluding ortho intramolecular Hbond substituents is 1. The van der Waals surface area contributed by atoms with E-state index in [1.807, 2.05) is 0 Å². The lowest BCUT2D eigenvalue weighted by Gasteiger charge is -2.44. The first-order chi connectivity index (χ1) is 31.8. The molecule has 23 heteroatoms. The Bertz CT molecular complexity index is 2560. The first-order valence-corrected chi connectivity index (χ1v) is 21.1. The molecule has 23 nitrogen and oxygen atoms in total. The molecular weight excluding hydrogens is 888 g/mol. The molecule has 356 valence electrons. The number of Topliss-reactive ketones (excluding diaryl/α,β-unsaturated/α-hetero) is 2. The number of allylic oxidation sites excluding steroid dienone is 2. The van der Waals surface area contributed by atoms with Gasteiger partial charge in [-0.1, -0.05) is 17.3 Å². The fraction of sp³-hybridized carbons (Fsp3) is 0.477. The van der Waals surface area contributed by atoms with Crippen molar-refractivity contribution >= 4 is 47.0 Å². The van der Waals surface area contributed by atoms with Crippen LogP contribution in [-0.4, -0.2) is 145 Å². The lowest BCUT2D eigenvalue weighted by atomic mass is 9.78. The number of fused-ring (bicyclic) bond motifs is 6. The van der Waals surface area contributed by atoms with Crippen LogP contribution in [0.4, 0.5) is 0 Å². The standard InChI is InChI=1S/C44H46N4O19/c1-17-10-25-32(27(53)11-17)34-35(38(57)33-24(37(34)56)8-7-9-29(33)65-31-12-28(54)36(55)18(2)61-31)48-26(44(58)67-42(25)48)15-59-14-23-13-47(46-45-23)43-41(64-22(6)52)40(63-21(5)51)39(62-20(4)50)30(66-43)16-60-19(3)49/h7-11,13,18,26,28,30-31,36,39-43,53-55H,12,14-16H2,1-6H3/t18-,26-,28+,30-,31-,36-,39-,40+,41+,42?,43+/m0/s1. The average molecular weight is 935 g/mol. The minimum Gasteiger partial charge on any atom is -0.507 e. The van der Waals surface area contributed by atoms with Gasteiger partial charge >= 0.3 is 29.8 Å². The Balaban J connectivity index is 1.08. The van der Waals surface area contributed by atoms with Crippen LogP contribution in [0.2, 0.25) is 0 Å². The Morgan fingerprint density at radius 3 is 2.25 bits per heavy atom. The molecule has 3 saturated heterocycles. The van der Waals surface area contributed by atoms with Crippen molar-refractivity contribution in [2.45, 2.75) is 122 Å². The first-order valence-electron chi connectivity index (χ1n) is 21.1. The van der Waals surface area contributed by atoms with Gasteiger partial charge in [0.25, 0.3) is 0 Å². The summed E-state index contributed by atoms with van der Waals surface area (Å²) in [6.07, 6.45) is -11.5. The van der Waals surface area contributed by atoms with Crippen LogP contribution >= 0.6 is 0 Å². The smallest absolute Gasteiger partial charge is 0.333 e. The monoisotopic (exact) mass is 934 g/mol. The summed E-state index contributed by atoms with van der Waals surface area (Å²) in [5, 5.41) is 40.2. The van der Waals surface area contributed by atoms with Crippen LogP contribution in [0, 0.1) is 6.92 Å². The molecule has 4 aliphatic heterocycles. The normalized spacial score (nSPS) is 28.6. The Labute approximate surface area is 380 Å². The second-order valence-electron chi connectivity index (χ2n) is 16.5. The summed E-state index contributed by atoms with van der Waals surface area (Å²) in [6, 6.07) is 6.05. The maximum Gasteiger partial charge on any atom is 0.333 e. The SMILES string of the molecule is CC(=O)OC[C@@H]1O[C@@H](n2cc(COC[C@H]3C(=O)OC4c5cc(C)cc(O)c5C5=C(C(=O)c6c(O[C@H]7C[C@@H](O)[C@@H](O)[C@H](C)O7)cccc6C5=O)N43)nn2)[C@H](OC(C)=O)[C@H](OC(C)=O)[C@H]1OC(C)=O. The van der Waals surface area contributed by atoms with Crippen molar-refractivity contribution in [1.29, 1.82) is 0 Å². The number of aromatic nitrogens is 3. The van der Waals surface area contributed by atoms with Gasteiger partial charge < -0.3 is 62.9 Å². The summed E-state index contributed by atoms with van der Waals surface area (Å²) in [5.41, 5.74) is 0.250. The van der Waals surface area contributed by atoms with Crippen molar-refractivity contribution in [2.24, 2.45) is 0 Å². The number of phenols is 1. The van der Waals surface area contributed by atoms with Crippen molar-refractivity contribution < 1.29 is 91.5 Å². The van der Waals surface area contributed by atoms with Crippen molar-refractivity contribution in [3.8, 4) is 11.5 Å². The minimum absolute atomic E-state index is 0.00639. The van der Waals surface area contributed by atoms with E-state index in [1.165, 1.54) is 35.4 Å². The van der Waals surface area contributed by atoms with E-state index in [0.29, 0.717) is 5.56 Å². The van der Waals surface area contributed by atoms with Crippen LogP contribution in [0.3, 0.4) is 0 Å². The Kier molecular flexibility index (Phi) is 12.9. The number of hydrogen-bond acceptors (Lipinski definition) is 22. The zero-order valence-corrected chi connectivity index (χ0v) is 36.8. The van der Waals surface area contributed by atoms with E-state index in [-0.39, 0.29) is 63.7 Å². The van der Waals surface area contributed by atoms with Crippen molar-refractivity contribution in [3.63, 3.8) is 0 Å². The molecule has 0 bridgehead atoms. The first kappa shape index (κ1) is 46.7. The lowest BCUT2D eigenvalue weighted by molar-refractivity contribution is -0.270. The predicted molar refractivity (Wildman–Crippen MR) is 218 cm³/mol. The number of rotatable bonds is 12. The van der Waals surface area contributed by atoms with Crippen LogP contribution in [0.5, 0.6) is 11.5 Å². The fourth-order valence-corrected chi connectivity index (χ4v) is 8.86. The minimum atomic E-state index is -1.49. The number of carbonyl (C=O) groups excluding carboxylic acids is 7. The predicted octanol–water partition coefficient (Wildman–Crippen LogP) is 1.03. The molecule has 0 saturated carbocycles. The van der Waals surface area contributed by atoms with Crippen molar-refractivity contribution in [3.05, 3.63) is 75.7 Å². The van der Waals surface area contributed by atoms with Gasteiger partial charge in [0.05, 0.1) is 42.8 Å². The van der Waals surface area contributed by atoms with E-state index in [2.05, 4.69) is 10.3 Å². The number of esters is 5. The van der Waals surface area contributed by atoms with Gasteiger partial charge in [0.2, 0.25) is 18.3 Å². The van der Waals surface area contributed by atoms with Gasteiger partial charge in [-0.05, 0) is 37.6 Å². The Morgan fingerprint density at radius 2 is 1.57 bits per heavy atom. The van der Waals surface area contributed by atoms with E-state index in [1.54, 1.807) is 19.9 Å². The van der Waals surface area contributed by atoms with Crippen molar-refractivity contribution in [1.82, 2.24) is 19.9 Å². The maximum absolute atomic E-state index is 14.9. The quantitative estimate of drug-likeness (QED) is 0.169. The van der Waals surface area contributed by atoms with Crippen LogP contribution in [0.1, 0.15) is 96.6 Å². The molecule has 5 aliphatic rings. The van der Waals surface area contributed by atoms with Gasteiger partial charge in [-0.15, -0.1) is 5.10 Å². The molecule has 1 aromatic heterocycles. The van der Waals surface area contributed by atoms with Gasteiger partial charge in [-0.25, -0.2) is 9.48 Å². The van der Waals surface area contributed by atoms with Gasteiger partial charge in [-0.2, -0.15) is 0 Å². The van der Waals surface area contributed by atoms with Crippen LogP contribution < -0.4 is 4.74 Å². The van der Waals surface area contributed by atoms with Gasteiger partial charge in [0.15, 0.2) is 36.4 Å². The number of ether oxygens (including phenoxy) is 9. The largest absolute Gasteiger partial charge is 0.507 e. The third-order valence-electron chi connectivity index (χ3n) is 11.6. The number of aliphatic hydroxyl groups excluding tert-OH is 2. The zero-order chi connectivity index (χ0) is 48.2. The summed E-state index contributed by atoms with van der Waals surface area (Å²) in [4.78, 5) is 93.4. The molecule has 5 heterocycles. The molecule has 0 spiro atoms. The van der Waals surface area contributed by atoms with E-state index in [0.717, 1.165) is 32.4 Å². The molecule has 1 aliphatic carbocycles. The highest BCUT2D eigenvalue weighted by Gasteiger charge is 2.55. The number of ketones is 2. The number of aliphatic hydroxyl groups is 2. The van der Waals surface area contributed by atoms with Gasteiger partial charge in [0, 0.05) is 50.8 Å². The third-order valence-corrected chi connectivity index (χ3v) is 11.6. The molecule has 1 unspecified atom stereocenters. The molecule has 3 aromatic rings. The molecule has 3 N–H and O–H groups in total. The molecule has 0 amide bonds.